The molecule has 0 bridgehead atoms. The molecule has 0 aromatic carbocycles. The molecule has 0 saturated carbocycles. The van der Waals surface area contributed by atoms with E-state index in [1.165, 1.54) is 0 Å². The van der Waals surface area contributed by atoms with Gasteiger partial charge in [0.25, 0.3) is 0 Å². The summed E-state index contributed by atoms with van der Waals surface area (Å²) in [5.41, 5.74) is 2.49. The van der Waals surface area contributed by atoms with Gasteiger partial charge in [0, 0.05) is 19.4 Å². The van der Waals surface area contributed by atoms with E-state index in [0.717, 1.165) is 16.7 Å². The Bertz CT molecular complexity index is 922. The maximum absolute atomic E-state index is 12.2. The zero-order valence-corrected chi connectivity index (χ0v) is 12.9. The molecule has 6 nitrogen and oxygen atoms in total. The van der Waals surface area contributed by atoms with Gasteiger partial charge in [-0.25, -0.2) is 18.4 Å². The van der Waals surface area contributed by atoms with Crippen LogP contribution in [0.1, 0.15) is 12.5 Å². The van der Waals surface area contributed by atoms with Crippen LogP contribution in [0.2, 0.25) is 0 Å². The lowest BCUT2D eigenvalue weighted by Gasteiger charge is -2.08. The molecule has 3 aromatic rings. The predicted octanol–water partition coefficient (Wildman–Crippen LogP) is 1.86. The number of rotatable bonds is 3. The number of aryl methyl sites for hydroxylation is 2. The van der Waals surface area contributed by atoms with Crippen molar-refractivity contribution in [2.45, 2.75) is 18.9 Å². The van der Waals surface area contributed by atoms with Crippen LogP contribution in [0.4, 0.5) is 0 Å². The Balaban J connectivity index is 2.27. The first-order chi connectivity index (χ1) is 9.94. The van der Waals surface area contributed by atoms with Gasteiger partial charge in [0.1, 0.15) is 10.5 Å². The van der Waals surface area contributed by atoms with E-state index in [2.05, 4.69) is 9.97 Å². The van der Waals surface area contributed by atoms with Crippen molar-refractivity contribution < 1.29 is 8.42 Å². The highest BCUT2D eigenvalue weighted by molar-refractivity contribution is 7.91. The lowest BCUT2D eigenvalue weighted by molar-refractivity contribution is 0.589. The fraction of sp³-hybridized carbons (Fsp3) is 0.286. The van der Waals surface area contributed by atoms with E-state index in [-0.39, 0.29) is 10.8 Å². The third-order valence-corrected chi connectivity index (χ3v) is 5.18. The largest absolute Gasteiger partial charge is 0.297 e. The van der Waals surface area contributed by atoms with Crippen LogP contribution in [0.5, 0.6) is 0 Å². The lowest BCUT2D eigenvalue weighted by Crippen LogP contribution is -2.12. The van der Waals surface area contributed by atoms with E-state index in [4.69, 9.17) is 0 Å². The minimum absolute atomic E-state index is 0.0539. The Hall–Kier alpha value is -2.15. The Labute approximate surface area is 123 Å². The maximum Gasteiger partial charge on any atom is 0.216 e. The molecule has 0 fully saturated rings. The minimum Gasteiger partial charge on any atom is -0.297 e. The average Bonchev–Trinajstić information content (AvgIpc) is 3.04. The van der Waals surface area contributed by atoms with Crippen molar-refractivity contribution in [1.82, 2.24) is 19.1 Å². The highest BCUT2D eigenvalue weighted by Crippen LogP contribution is 2.21. The molecule has 3 heterocycles. The summed E-state index contributed by atoms with van der Waals surface area (Å²) in [4.78, 5) is 8.88. The molecule has 0 saturated heterocycles. The summed E-state index contributed by atoms with van der Waals surface area (Å²) < 4.78 is 27.7. The molecule has 0 aliphatic rings. The summed E-state index contributed by atoms with van der Waals surface area (Å²) in [5, 5.41) is 0.250. The summed E-state index contributed by atoms with van der Waals surface area (Å²) in [5.74, 6) is 0.596. The third-order valence-electron chi connectivity index (χ3n) is 3.45. The van der Waals surface area contributed by atoms with E-state index < -0.39 is 9.84 Å². The van der Waals surface area contributed by atoms with Crippen LogP contribution in [0.3, 0.4) is 0 Å². The van der Waals surface area contributed by atoms with E-state index in [1.54, 1.807) is 40.6 Å². The van der Waals surface area contributed by atoms with Crippen molar-refractivity contribution >= 4 is 21.0 Å². The number of hydrogen-bond donors (Lipinski definition) is 0. The predicted molar refractivity (Wildman–Crippen MR) is 80.3 cm³/mol. The zero-order valence-electron chi connectivity index (χ0n) is 12.1. The smallest absolute Gasteiger partial charge is 0.216 e. The normalized spacial score (nSPS) is 12.1. The summed E-state index contributed by atoms with van der Waals surface area (Å²) in [7, 11) is -1.48. The summed E-state index contributed by atoms with van der Waals surface area (Å²) in [6.45, 7) is 3.58. The third kappa shape index (κ3) is 2.13. The first kappa shape index (κ1) is 13.8. The van der Waals surface area contributed by atoms with E-state index in [9.17, 15) is 8.42 Å². The van der Waals surface area contributed by atoms with Gasteiger partial charge in [-0.2, -0.15) is 0 Å². The number of fused-ring (bicyclic) bond motifs is 1. The topological polar surface area (TPSA) is 69.8 Å². The second-order valence-corrected chi connectivity index (χ2v) is 7.17. The van der Waals surface area contributed by atoms with Gasteiger partial charge in [0.15, 0.2) is 15.5 Å². The van der Waals surface area contributed by atoms with Crippen LogP contribution in [-0.4, -0.2) is 33.3 Å². The van der Waals surface area contributed by atoms with Gasteiger partial charge in [0.2, 0.25) is 5.95 Å². The van der Waals surface area contributed by atoms with Crippen molar-refractivity contribution in [1.29, 1.82) is 0 Å². The van der Waals surface area contributed by atoms with Gasteiger partial charge in [-0.3, -0.25) is 9.13 Å². The molecular weight excluding hydrogens is 288 g/mol. The van der Waals surface area contributed by atoms with Crippen molar-refractivity contribution in [2.24, 2.45) is 7.05 Å². The number of hydrogen-bond acceptors (Lipinski definition) is 4. The average molecular weight is 304 g/mol. The molecule has 0 unspecified atom stereocenters. The molecule has 0 aliphatic heterocycles. The van der Waals surface area contributed by atoms with Crippen LogP contribution in [-0.2, 0) is 16.9 Å². The molecule has 3 aromatic heterocycles. The van der Waals surface area contributed by atoms with E-state index in [1.807, 2.05) is 20.0 Å². The molecule has 0 radical (unpaired) electrons. The molecule has 0 aliphatic carbocycles. The Morgan fingerprint density at radius 3 is 2.81 bits per heavy atom. The standard InChI is InChI=1S/C14H16N4O2S/c1-4-21(19,20)12-6-5-7-18(12)14-16-11-8-10(2)9-15-13(11)17(14)3/h5-9H,4H2,1-3H3. The summed E-state index contributed by atoms with van der Waals surface area (Å²) >= 11 is 0. The molecule has 0 atom stereocenters. The molecule has 7 heteroatoms. The summed E-state index contributed by atoms with van der Waals surface area (Å²) in [6, 6.07) is 5.24. The molecule has 3 rings (SSSR count). The van der Waals surface area contributed by atoms with Gasteiger partial charge >= 0.3 is 0 Å². The van der Waals surface area contributed by atoms with Gasteiger partial charge in [-0.1, -0.05) is 6.92 Å². The van der Waals surface area contributed by atoms with Crippen LogP contribution >= 0.6 is 0 Å². The van der Waals surface area contributed by atoms with E-state index in [0.29, 0.717) is 5.95 Å². The van der Waals surface area contributed by atoms with Crippen LogP contribution in [0, 0.1) is 6.92 Å². The highest BCUT2D eigenvalue weighted by atomic mass is 32.2. The molecular formula is C14H16N4O2S. The molecule has 110 valence electrons. The first-order valence-electron chi connectivity index (χ1n) is 6.63. The lowest BCUT2D eigenvalue weighted by atomic mass is 10.3. The van der Waals surface area contributed by atoms with Gasteiger partial charge in [0.05, 0.1) is 5.75 Å². The van der Waals surface area contributed by atoms with Gasteiger partial charge < -0.3 is 0 Å². The number of pyridine rings is 1. The number of aromatic nitrogens is 4. The summed E-state index contributed by atoms with van der Waals surface area (Å²) in [6.07, 6.45) is 3.48. The second-order valence-electron chi connectivity index (χ2n) is 4.95. The van der Waals surface area contributed by atoms with Crippen molar-refractivity contribution in [3.63, 3.8) is 0 Å². The van der Waals surface area contributed by atoms with Crippen molar-refractivity contribution in [2.75, 3.05) is 5.75 Å². The van der Waals surface area contributed by atoms with E-state index >= 15 is 0 Å². The van der Waals surface area contributed by atoms with Crippen LogP contribution < -0.4 is 0 Å². The maximum atomic E-state index is 12.2. The number of nitrogens with zero attached hydrogens (tertiary/aromatic N) is 4. The molecule has 0 amide bonds. The van der Waals surface area contributed by atoms with Crippen molar-refractivity contribution in [3.8, 4) is 5.95 Å². The fourth-order valence-corrected chi connectivity index (χ4v) is 3.34. The fourth-order valence-electron chi connectivity index (χ4n) is 2.31. The van der Waals surface area contributed by atoms with Crippen LogP contribution in [0.15, 0.2) is 35.6 Å². The Kier molecular flexibility index (Phi) is 3.09. The quantitative estimate of drug-likeness (QED) is 0.740. The highest BCUT2D eigenvalue weighted by Gasteiger charge is 2.20. The van der Waals surface area contributed by atoms with Gasteiger partial charge in [-0.05, 0) is 30.7 Å². The SMILES string of the molecule is CCS(=O)(=O)c1cccn1-c1nc2cc(C)cnc2n1C. The Morgan fingerprint density at radius 1 is 1.33 bits per heavy atom. The zero-order chi connectivity index (χ0) is 15.2. The monoisotopic (exact) mass is 304 g/mol. The number of sulfone groups is 1. The second kappa shape index (κ2) is 4.70. The van der Waals surface area contributed by atoms with Crippen molar-refractivity contribution in [3.05, 3.63) is 36.2 Å². The molecule has 21 heavy (non-hydrogen) atoms. The van der Waals surface area contributed by atoms with Gasteiger partial charge in [-0.15, -0.1) is 0 Å². The minimum atomic E-state index is -3.31. The number of imidazole rings is 1. The Morgan fingerprint density at radius 2 is 2.10 bits per heavy atom. The first-order valence-corrected chi connectivity index (χ1v) is 8.29. The van der Waals surface area contributed by atoms with Crippen LogP contribution in [0.25, 0.3) is 17.1 Å². The molecule has 0 N–H and O–H groups in total. The molecule has 0 spiro atoms.